The molecule has 0 spiro atoms. The van der Waals surface area contributed by atoms with Crippen LogP contribution in [0.15, 0.2) is 58.8 Å². The van der Waals surface area contributed by atoms with Crippen LogP contribution in [0.5, 0.6) is 6.01 Å². The number of aryl methyl sites for hydroxylation is 1. The highest BCUT2D eigenvalue weighted by Gasteiger charge is 2.32. The van der Waals surface area contributed by atoms with E-state index in [4.69, 9.17) is 9.26 Å². The highest BCUT2D eigenvalue weighted by molar-refractivity contribution is 5.58. The van der Waals surface area contributed by atoms with Gasteiger partial charge in [-0.1, -0.05) is 35.5 Å². The molecule has 0 saturated heterocycles. The second-order valence-electron chi connectivity index (χ2n) is 7.72. The lowest BCUT2D eigenvalue weighted by Crippen LogP contribution is -2.39. The Bertz CT molecular complexity index is 1060. The van der Waals surface area contributed by atoms with Gasteiger partial charge in [0.15, 0.2) is 12.4 Å². The average molecular weight is 404 g/mol. The molecule has 5 rings (SSSR count). The maximum Gasteiger partial charge on any atom is 0.319 e. The fourth-order valence-corrected chi connectivity index (χ4v) is 3.45. The lowest BCUT2D eigenvalue weighted by atomic mass is 10.1. The molecule has 0 radical (unpaired) electrons. The first kappa shape index (κ1) is 18.6. The van der Waals surface area contributed by atoms with Crippen LogP contribution in [-0.4, -0.2) is 33.3 Å². The number of anilines is 1. The molecule has 2 N–H and O–H groups in total. The molecule has 154 valence electrons. The minimum Gasteiger partial charge on any atom is -0.455 e. The van der Waals surface area contributed by atoms with Crippen LogP contribution in [0.4, 0.5) is 5.82 Å². The Morgan fingerprint density at radius 2 is 2.03 bits per heavy atom. The topological polar surface area (TPSA) is 88.3 Å². The molecular formula is C22H24N6O2. The van der Waals surface area contributed by atoms with E-state index in [0.717, 1.165) is 17.0 Å². The molecule has 1 saturated carbocycles. The summed E-state index contributed by atoms with van der Waals surface area (Å²) >= 11 is 0. The van der Waals surface area contributed by atoms with E-state index in [1.165, 1.54) is 18.5 Å². The summed E-state index contributed by atoms with van der Waals surface area (Å²) in [5, 5.41) is 9.59. The van der Waals surface area contributed by atoms with Gasteiger partial charge in [0.2, 0.25) is 0 Å². The number of hydrogen-bond acceptors (Lipinski definition) is 8. The summed E-state index contributed by atoms with van der Waals surface area (Å²) in [6.07, 6.45) is 4.77. The smallest absolute Gasteiger partial charge is 0.319 e. The quantitative estimate of drug-likeness (QED) is 0.619. The summed E-state index contributed by atoms with van der Waals surface area (Å²) in [5.74, 6) is 2.00. The summed E-state index contributed by atoms with van der Waals surface area (Å²) < 4.78 is 11.2. The van der Waals surface area contributed by atoms with E-state index in [1.807, 2.05) is 61.4 Å². The first-order chi connectivity index (χ1) is 14.6. The average Bonchev–Trinajstić information content (AvgIpc) is 3.38. The fourth-order valence-electron chi connectivity index (χ4n) is 3.45. The standard InChI is InChI=1S/C22H24N6O2/c1-14-10-20(24-21-12-18(16-8-9-16)26-28(21)2)25-22(23-14)29-13-17-11-19(27-30-17)15-6-4-3-5-7-15/h3-7,10-12,16,21,26H,8-9,13H2,1-2H3,(H,23,24,25). The Hall–Kier alpha value is -3.39. The maximum absolute atomic E-state index is 5.78. The number of hydrazine groups is 1. The van der Waals surface area contributed by atoms with Gasteiger partial charge in [0.25, 0.3) is 0 Å². The molecule has 1 fully saturated rings. The molecule has 2 aliphatic rings. The van der Waals surface area contributed by atoms with Crippen molar-refractivity contribution in [1.29, 1.82) is 0 Å². The van der Waals surface area contributed by atoms with E-state index < -0.39 is 0 Å². The predicted octanol–water partition coefficient (Wildman–Crippen LogP) is 3.50. The third-order valence-electron chi connectivity index (χ3n) is 5.18. The molecule has 0 amide bonds. The van der Waals surface area contributed by atoms with Gasteiger partial charge >= 0.3 is 6.01 Å². The number of benzene rings is 1. The van der Waals surface area contributed by atoms with Crippen molar-refractivity contribution in [1.82, 2.24) is 25.6 Å². The van der Waals surface area contributed by atoms with Crippen LogP contribution in [-0.2, 0) is 6.61 Å². The van der Waals surface area contributed by atoms with Gasteiger partial charge in [-0.15, -0.1) is 0 Å². The summed E-state index contributed by atoms with van der Waals surface area (Å²) in [7, 11) is 2.02. The van der Waals surface area contributed by atoms with Gasteiger partial charge in [-0.25, -0.2) is 9.99 Å². The largest absolute Gasteiger partial charge is 0.455 e. The van der Waals surface area contributed by atoms with Crippen LogP contribution in [0.3, 0.4) is 0 Å². The first-order valence-electron chi connectivity index (χ1n) is 10.1. The van der Waals surface area contributed by atoms with Crippen LogP contribution >= 0.6 is 0 Å². The molecular weight excluding hydrogens is 380 g/mol. The zero-order chi connectivity index (χ0) is 20.5. The molecule has 1 aliphatic carbocycles. The molecule has 1 aliphatic heterocycles. The maximum atomic E-state index is 5.78. The number of ether oxygens (including phenoxy) is 1. The van der Waals surface area contributed by atoms with Crippen molar-refractivity contribution < 1.29 is 9.26 Å². The second-order valence-corrected chi connectivity index (χ2v) is 7.72. The van der Waals surface area contributed by atoms with E-state index in [2.05, 4.69) is 31.9 Å². The Morgan fingerprint density at radius 3 is 2.83 bits per heavy atom. The van der Waals surface area contributed by atoms with E-state index in [-0.39, 0.29) is 12.8 Å². The SMILES string of the molecule is Cc1cc(NC2C=C(C3CC3)NN2C)nc(OCc2cc(-c3ccccc3)no2)n1. The van der Waals surface area contributed by atoms with Crippen molar-refractivity contribution >= 4 is 5.82 Å². The molecule has 8 heteroatoms. The molecule has 0 bridgehead atoms. The van der Waals surface area contributed by atoms with Crippen molar-refractivity contribution in [3.8, 4) is 17.3 Å². The first-order valence-corrected chi connectivity index (χ1v) is 10.1. The lowest BCUT2D eigenvalue weighted by Gasteiger charge is -2.21. The van der Waals surface area contributed by atoms with Gasteiger partial charge in [0.1, 0.15) is 17.7 Å². The summed E-state index contributed by atoms with van der Waals surface area (Å²) in [6, 6.07) is 14.0. The zero-order valence-corrected chi connectivity index (χ0v) is 17.0. The van der Waals surface area contributed by atoms with E-state index >= 15 is 0 Å². The predicted molar refractivity (Wildman–Crippen MR) is 112 cm³/mol. The highest BCUT2D eigenvalue weighted by atomic mass is 16.5. The Morgan fingerprint density at radius 1 is 1.20 bits per heavy atom. The second kappa shape index (κ2) is 7.79. The molecule has 3 heterocycles. The minimum absolute atomic E-state index is 0.0328. The van der Waals surface area contributed by atoms with Crippen molar-refractivity contribution in [2.24, 2.45) is 5.92 Å². The van der Waals surface area contributed by atoms with Gasteiger partial charge < -0.3 is 20.0 Å². The highest BCUT2D eigenvalue weighted by Crippen LogP contribution is 2.37. The minimum atomic E-state index is 0.0328. The van der Waals surface area contributed by atoms with Crippen LogP contribution in [0, 0.1) is 12.8 Å². The van der Waals surface area contributed by atoms with Crippen LogP contribution in [0.2, 0.25) is 0 Å². The van der Waals surface area contributed by atoms with E-state index in [9.17, 15) is 0 Å². The van der Waals surface area contributed by atoms with Crippen LogP contribution in [0.1, 0.15) is 24.3 Å². The van der Waals surface area contributed by atoms with Gasteiger partial charge in [-0.3, -0.25) is 0 Å². The van der Waals surface area contributed by atoms with E-state index in [1.54, 1.807) is 0 Å². The molecule has 8 nitrogen and oxygen atoms in total. The summed E-state index contributed by atoms with van der Waals surface area (Å²) in [5.41, 5.74) is 7.30. The van der Waals surface area contributed by atoms with Gasteiger partial charge in [0, 0.05) is 36.1 Å². The molecule has 1 aromatic carbocycles. The third-order valence-corrected chi connectivity index (χ3v) is 5.18. The van der Waals surface area contributed by atoms with Crippen molar-refractivity contribution in [3.05, 3.63) is 65.7 Å². The Kier molecular flexibility index (Phi) is 4.84. The lowest BCUT2D eigenvalue weighted by molar-refractivity contribution is 0.232. The molecule has 3 aromatic rings. The number of nitrogens with zero attached hydrogens (tertiary/aromatic N) is 4. The molecule has 1 atom stereocenters. The number of likely N-dealkylation sites (N-methyl/N-ethyl adjacent to an activating group) is 1. The normalized spacial score (nSPS) is 18.7. The number of aromatic nitrogens is 3. The Labute approximate surface area is 174 Å². The zero-order valence-electron chi connectivity index (χ0n) is 17.0. The van der Waals surface area contributed by atoms with Gasteiger partial charge in [-0.05, 0) is 31.8 Å². The van der Waals surface area contributed by atoms with Crippen molar-refractivity contribution in [2.45, 2.75) is 32.5 Å². The number of hydrogen-bond donors (Lipinski definition) is 2. The number of rotatable bonds is 7. The van der Waals surface area contributed by atoms with Gasteiger partial charge in [-0.2, -0.15) is 4.98 Å². The van der Waals surface area contributed by atoms with Crippen LogP contribution < -0.4 is 15.5 Å². The molecule has 1 unspecified atom stereocenters. The van der Waals surface area contributed by atoms with Crippen molar-refractivity contribution in [2.75, 3.05) is 12.4 Å². The van der Waals surface area contributed by atoms with E-state index in [0.29, 0.717) is 23.5 Å². The summed E-state index contributed by atoms with van der Waals surface area (Å²) in [6.45, 7) is 2.13. The molecule has 30 heavy (non-hydrogen) atoms. The number of allylic oxidation sites excluding steroid dienone is 1. The summed E-state index contributed by atoms with van der Waals surface area (Å²) in [4.78, 5) is 8.89. The monoisotopic (exact) mass is 404 g/mol. The van der Waals surface area contributed by atoms with Gasteiger partial charge in [0.05, 0.1) is 0 Å². The Balaban J connectivity index is 1.25. The fraction of sp³-hybridized carbons (Fsp3) is 0.318. The van der Waals surface area contributed by atoms with Crippen molar-refractivity contribution in [3.63, 3.8) is 0 Å². The third kappa shape index (κ3) is 4.13. The molecule has 2 aromatic heterocycles. The van der Waals surface area contributed by atoms with Crippen LogP contribution in [0.25, 0.3) is 11.3 Å². The number of nitrogens with one attached hydrogen (secondary N) is 2.